The van der Waals surface area contributed by atoms with Crippen LogP contribution < -0.4 is 15.4 Å². The molecule has 144 valence electrons. The van der Waals surface area contributed by atoms with E-state index in [0.717, 1.165) is 5.56 Å². The molecule has 1 unspecified atom stereocenters. The second kappa shape index (κ2) is 8.88. The summed E-state index contributed by atoms with van der Waals surface area (Å²) in [7, 11) is 2.07. The normalized spacial score (nSPS) is 19.0. The Balaban J connectivity index is 1.86. The van der Waals surface area contributed by atoms with Crippen molar-refractivity contribution in [1.82, 2.24) is 15.5 Å². The molecule has 0 radical (unpaired) electrons. The van der Waals surface area contributed by atoms with E-state index in [4.69, 9.17) is 4.74 Å². The first kappa shape index (κ1) is 20.0. The molecule has 0 bridgehead atoms. The summed E-state index contributed by atoms with van der Waals surface area (Å²) in [5, 5.41) is 6.30. The number of hydrogen-bond acceptors (Lipinski definition) is 5. The molecule has 1 fully saturated rings. The number of carbonyl (C=O) groups excluding carboxylic acids is 1. The molecule has 1 aliphatic heterocycles. The summed E-state index contributed by atoms with van der Waals surface area (Å²) in [6.45, 7) is 0.487. The van der Waals surface area contributed by atoms with Crippen LogP contribution in [0.2, 0.25) is 0 Å². The lowest BCUT2D eigenvalue weighted by Gasteiger charge is -2.16. The van der Waals surface area contributed by atoms with Crippen molar-refractivity contribution in [1.29, 1.82) is 0 Å². The van der Waals surface area contributed by atoms with E-state index in [1.54, 1.807) is 27.2 Å². The van der Waals surface area contributed by atoms with E-state index in [-0.39, 0.29) is 30.1 Å². The zero-order valence-corrected chi connectivity index (χ0v) is 16.2. The highest BCUT2D eigenvalue weighted by molar-refractivity contribution is 7.91. The van der Waals surface area contributed by atoms with Crippen LogP contribution in [0.15, 0.2) is 29.3 Å². The quantitative estimate of drug-likeness (QED) is 0.531. The molecule has 8 nitrogen and oxygen atoms in total. The smallest absolute Gasteiger partial charge is 0.259 e. The van der Waals surface area contributed by atoms with Gasteiger partial charge in [0.05, 0.1) is 11.5 Å². The number of amides is 1. The third kappa shape index (κ3) is 6.21. The molecule has 2 N–H and O–H groups in total. The maximum atomic E-state index is 11.6. The summed E-state index contributed by atoms with van der Waals surface area (Å²) in [5.74, 6) is 1.42. The topological polar surface area (TPSA) is 100 Å². The number of nitrogens with zero attached hydrogens (tertiary/aromatic N) is 2. The lowest BCUT2D eigenvalue weighted by Crippen LogP contribution is -2.43. The van der Waals surface area contributed by atoms with E-state index in [0.29, 0.717) is 24.7 Å². The van der Waals surface area contributed by atoms with Crippen molar-refractivity contribution in [3.05, 3.63) is 29.8 Å². The highest BCUT2D eigenvalue weighted by Crippen LogP contribution is 2.14. The van der Waals surface area contributed by atoms with Crippen LogP contribution in [0.4, 0.5) is 0 Å². The van der Waals surface area contributed by atoms with Crippen LogP contribution in [-0.2, 0) is 21.2 Å². The van der Waals surface area contributed by atoms with E-state index >= 15 is 0 Å². The van der Waals surface area contributed by atoms with Crippen LogP contribution in [0, 0.1) is 0 Å². The number of benzene rings is 1. The van der Waals surface area contributed by atoms with Gasteiger partial charge in [-0.25, -0.2) is 8.42 Å². The molecule has 1 heterocycles. The van der Waals surface area contributed by atoms with Crippen LogP contribution in [0.1, 0.15) is 12.0 Å². The maximum Gasteiger partial charge on any atom is 0.259 e. The number of guanidine groups is 1. The first-order chi connectivity index (χ1) is 12.3. The van der Waals surface area contributed by atoms with Gasteiger partial charge in [0, 0.05) is 33.7 Å². The number of nitrogens with one attached hydrogen (secondary N) is 2. The van der Waals surface area contributed by atoms with Gasteiger partial charge in [0.15, 0.2) is 22.4 Å². The second-order valence-corrected chi connectivity index (χ2v) is 8.62. The predicted octanol–water partition coefficient (Wildman–Crippen LogP) is 0.00570. The van der Waals surface area contributed by atoms with Gasteiger partial charge in [0.2, 0.25) is 0 Å². The first-order valence-corrected chi connectivity index (χ1v) is 10.2. The van der Waals surface area contributed by atoms with Gasteiger partial charge in [-0.05, 0) is 24.1 Å². The maximum absolute atomic E-state index is 11.6. The Labute approximate surface area is 154 Å². The first-order valence-electron chi connectivity index (χ1n) is 8.38. The average Bonchev–Trinajstić information content (AvgIpc) is 2.95. The molecule has 1 amide bonds. The van der Waals surface area contributed by atoms with Gasteiger partial charge in [0.1, 0.15) is 5.75 Å². The lowest BCUT2D eigenvalue weighted by atomic mass is 10.2. The third-order valence-electron chi connectivity index (χ3n) is 4.02. The SMILES string of the molecule is CN=C(NCc1cccc(OCC(=O)N(C)C)c1)NC1CCS(=O)(=O)C1. The largest absolute Gasteiger partial charge is 0.484 e. The standard InChI is InChI=1S/C17H26N4O4S/c1-18-17(20-14-7-8-26(23,24)12-14)19-10-13-5-4-6-15(9-13)25-11-16(22)21(2)3/h4-6,9,14H,7-8,10-12H2,1-3H3,(H2,18,19,20). The lowest BCUT2D eigenvalue weighted by molar-refractivity contribution is -0.130. The van der Waals surface area contributed by atoms with E-state index in [9.17, 15) is 13.2 Å². The number of rotatable bonds is 6. The minimum atomic E-state index is -2.93. The second-order valence-electron chi connectivity index (χ2n) is 6.39. The van der Waals surface area contributed by atoms with E-state index in [1.807, 2.05) is 18.2 Å². The Bertz CT molecular complexity index is 762. The van der Waals surface area contributed by atoms with Crippen molar-refractivity contribution in [2.24, 2.45) is 4.99 Å². The number of ether oxygens (including phenoxy) is 1. The van der Waals surface area contributed by atoms with Crippen LogP contribution in [0.3, 0.4) is 0 Å². The van der Waals surface area contributed by atoms with Gasteiger partial charge in [0.25, 0.3) is 5.91 Å². The number of likely N-dealkylation sites (N-methyl/N-ethyl adjacent to an activating group) is 1. The third-order valence-corrected chi connectivity index (χ3v) is 5.78. The number of aliphatic imine (C=N–C) groups is 1. The highest BCUT2D eigenvalue weighted by atomic mass is 32.2. The molecule has 26 heavy (non-hydrogen) atoms. The van der Waals surface area contributed by atoms with Crippen LogP contribution >= 0.6 is 0 Å². The molecule has 1 saturated heterocycles. The monoisotopic (exact) mass is 382 g/mol. The molecule has 0 aromatic heterocycles. The molecule has 1 aliphatic rings. The predicted molar refractivity (Wildman–Crippen MR) is 101 cm³/mol. The van der Waals surface area contributed by atoms with Crippen molar-refractivity contribution in [3.8, 4) is 5.75 Å². The summed E-state index contributed by atoms with van der Waals surface area (Å²) in [5.41, 5.74) is 0.960. The molecule has 2 rings (SSSR count). The Morgan fingerprint density at radius 2 is 2.15 bits per heavy atom. The number of sulfone groups is 1. The summed E-state index contributed by atoms with van der Waals surface area (Å²) in [6, 6.07) is 7.32. The van der Waals surface area contributed by atoms with E-state index in [1.165, 1.54) is 4.90 Å². The minimum Gasteiger partial charge on any atom is -0.484 e. The zero-order chi connectivity index (χ0) is 19.2. The van der Waals surface area contributed by atoms with Crippen LogP contribution in [0.5, 0.6) is 5.75 Å². The van der Waals surface area contributed by atoms with Gasteiger partial charge in [-0.15, -0.1) is 0 Å². The Morgan fingerprint density at radius 3 is 2.77 bits per heavy atom. The van der Waals surface area contributed by atoms with Crippen molar-refractivity contribution >= 4 is 21.7 Å². The van der Waals surface area contributed by atoms with Gasteiger partial charge in [-0.3, -0.25) is 9.79 Å². The fraction of sp³-hybridized carbons (Fsp3) is 0.529. The Morgan fingerprint density at radius 1 is 1.38 bits per heavy atom. The molecular weight excluding hydrogens is 356 g/mol. The number of hydrogen-bond donors (Lipinski definition) is 2. The fourth-order valence-electron chi connectivity index (χ4n) is 2.50. The summed E-state index contributed by atoms with van der Waals surface area (Å²) >= 11 is 0. The summed E-state index contributed by atoms with van der Waals surface area (Å²) < 4.78 is 28.6. The molecule has 0 spiro atoms. The molecule has 1 atom stereocenters. The average molecular weight is 382 g/mol. The van der Waals surface area contributed by atoms with Crippen LogP contribution in [0.25, 0.3) is 0 Å². The molecule has 0 aliphatic carbocycles. The summed E-state index contributed by atoms with van der Waals surface area (Å²) in [6.07, 6.45) is 0.590. The van der Waals surface area contributed by atoms with Gasteiger partial charge >= 0.3 is 0 Å². The van der Waals surface area contributed by atoms with Gasteiger partial charge < -0.3 is 20.3 Å². The van der Waals surface area contributed by atoms with Gasteiger partial charge in [-0.1, -0.05) is 12.1 Å². The van der Waals surface area contributed by atoms with Crippen molar-refractivity contribution in [2.75, 3.05) is 39.3 Å². The summed E-state index contributed by atoms with van der Waals surface area (Å²) in [4.78, 5) is 17.2. The molecular formula is C17H26N4O4S. The Kier molecular flexibility index (Phi) is 6.84. The van der Waals surface area contributed by atoms with E-state index in [2.05, 4.69) is 15.6 Å². The van der Waals surface area contributed by atoms with Crippen molar-refractivity contribution in [2.45, 2.75) is 19.0 Å². The van der Waals surface area contributed by atoms with Gasteiger partial charge in [-0.2, -0.15) is 0 Å². The molecule has 9 heteroatoms. The minimum absolute atomic E-state index is 0.0107. The fourth-order valence-corrected chi connectivity index (χ4v) is 4.18. The molecule has 0 saturated carbocycles. The van der Waals surface area contributed by atoms with Crippen LogP contribution in [-0.4, -0.2) is 70.5 Å². The van der Waals surface area contributed by atoms with Crippen molar-refractivity contribution < 1.29 is 17.9 Å². The molecule has 1 aromatic rings. The Hall–Kier alpha value is -2.29. The van der Waals surface area contributed by atoms with Crippen molar-refractivity contribution in [3.63, 3.8) is 0 Å². The highest BCUT2D eigenvalue weighted by Gasteiger charge is 2.28. The van der Waals surface area contributed by atoms with E-state index < -0.39 is 9.84 Å². The number of carbonyl (C=O) groups is 1. The zero-order valence-electron chi connectivity index (χ0n) is 15.4. The molecule has 1 aromatic carbocycles.